The van der Waals surface area contributed by atoms with Crippen molar-refractivity contribution in [1.82, 2.24) is 4.98 Å². The molecule has 0 aliphatic heterocycles. The molecule has 78 valence electrons. The lowest BCUT2D eigenvalue weighted by Gasteiger charge is -2.05. The molecule has 0 aliphatic carbocycles. The van der Waals surface area contributed by atoms with Crippen LogP contribution in [-0.4, -0.2) is 4.98 Å². The van der Waals surface area contributed by atoms with E-state index in [1.165, 1.54) is 11.3 Å². The largest absolute Gasteiger partial charge is 0.330 e. The van der Waals surface area contributed by atoms with E-state index >= 15 is 0 Å². The summed E-state index contributed by atoms with van der Waals surface area (Å²) in [5, 5.41) is 6.62. The molecule has 0 radical (unpaired) electrons. The molecule has 0 amide bonds. The third kappa shape index (κ3) is 2.71. The summed E-state index contributed by atoms with van der Waals surface area (Å²) >= 11 is 10.9. The number of halogens is 2. The van der Waals surface area contributed by atoms with Gasteiger partial charge < -0.3 is 5.32 Å². The van der Waals surface area contributed by atoms with Crippen molar-refractivity contribution in [3.63, 3.8) is 0 Å². The summed E-state index contributed by atoms with van der Waals surface area (Å²) in [7, 11) is 0. The fourth-order valence-corrected chi connectivity index (χ4v) is 2.59. The number of nitrogens with zero attached hydrogens (tertiary/aromatic N) is 1. The number of thiazole rings is 1. The highest BCUT2D eigenvalue weighted by atomic mass is 79.9. The zero-order valence-electron chi connectivity index (χ0n) is 7.92. The van der Waals surface area contributed by atoms with Crippen molar-refractivity contribution in [3.05, 3.63) is 38.8 Å². The molecule has 2 aromatic rings. The van der Waals surface area contributed by atoms with Crippen LogP contribution in [0.1, 0.15) is 5.56 Å². The van der Waals surface area contributed by atoms with Gasteiger partial charge in [-0.05, 0) is 40.5 Å². The highest BCUT2D eigenvalue weighted by Gasteiger charge is 2.03. The molecule has 0 aliphatic rings. The molecule has 5 heteroatoms. The first-order valence-electron chi connectivity index (χ1n) is 4.29. The zero-order chi connectivity index (χ0) is 10.8. The molecule has 0 saturated carbocycles. The maximum absolute atomic E-state index is 6.09. The van der Waals surface area contributed by atoms with E-state index in [0.29, 0.717) is 5.02 Å². The Kier molecular flexibility index (Phi) is 3.29. The van der Waals surface area contributed by atoms with Crippen LogP contribution in [-0.2, 0) is 0 Å². The second kappa shape index (κ2) is 4.51. The van der Waals surface area contributed by atoms with Gasteiger partial charge in [-0.15, -0.1) is 11.3 Å². The van der Waals surface area contributed by atoms with E-state index < -0.39 is 0 Å². The van der Waals surface area contributed by atoms with Gasteiger partial charge in [0, 0.05) is 5.38 Å². The summed E-state index contributed by atoms with van der Waals surface area (Å²) in [5.74, 6) is 0. The Morgan fingerprint density at radius 3 is 2.87 bits per heavy atom. The van der Waals surface area contributed by atoms with Crippen molar-refractivity contribution in [2.75, 3.05) is 5.32 Å². The highest BCUT2D eigenvalue weighted by molar-refractivity contribution is 9.10. The van der Waals surface area contributed by atoms with Crippen molar-refractivity contribution in [2.45, 2.75) is 6.92 Å². The first kappa shape index (κ1) is 10.9. The quantitative estimate of drug-likeness (QED) is 0.876. The Hall–Kier alpha value is -0.580. The summed E-state index contributed by atoms with van der Waals surface area (Å²) in [6.07, 6.45) is 0. The van der Waals surface area contributed by atoms with Crippen LogP contribution >= 0.6 is 38.9 Å². The van der Waals surface area contributed by atoms with Crippen LogP contribution < -0.4 is 5.32 Å². The van der Waals surface area contributed by atoms with Gasteiger partial charge in [-0.2, -0.15) is 0 Å². The van der Waals surface area contributed by atoms with Gasteiger partial charge in [-0.25, -0.2) is 4.98 Å². The Labute approximate surface area is 105 Å². The first-order valence-corrected chi connectivity index (χ1v) is 6.34. The monoisotopic (exact) mass is 302 g/mol. The Morgan fingerprint density at radius 1 is 1.47 bits per heavy atom. The summed E-state index contributed by atoms with van der Waals surface area (Å²) in [6, 6.07) is 5.89. The SMILES string of the molecule is Cc1ccc(Nc2nc(Br)cs2)c(Cl)c1. The lowest BCUT2D eigenvalue weighted by atomic mass is 10.2. The van der Waals surface area contributed by atoms with Crippen molar-refractivity contribution in [2.24, 2.45) is 0 Å². The molecule has 2 nitrogen and oxygen atoms in total. The zero-order valence-corrected chi connectivity index (χ0v) is 11.1. The minimum Gasteiger partial charge on any atom is -0.330 e. The summed E-state index contributed by atoms with van der Waals surface area (Å²) in [5.41, 5.74) is 2.02. The molecule has 0 spiro atoms. The van der Waals surface area contributed by atoms with E-state index in [9.17, 15) is 0 Å². The normalized spacial score (nSPS) is 10.3. The lowest BCUT2D eigenvalue weighted by molar-refractivity contribution is 1.34. The van der Waals surface area contributed by atoms with Gasteiger partial charge >= 0.3 is 0 Å². The second-order valence-electron chi connectivity index (χ2n) is 3.08. The van der Waals surface area contributed by atoms with E-state index in [-0.39, 0.29) is 0 Å². The van der Waals surface area contributed by atoms with Gasteiger partial charge in [0.1, 0.15) is 4.60 Å². The van der Waals surface area contributed by atoms with E-state index in [0.717, 1.165) is 21.0 Å². The summed E-state index contributed by atoms with van der Waals surface area (Å²) in [6.45, 7) is 2.01. The minimum atomic E-state index is 0.710. The van der Waals surface area contributed by atoms with Crippen molar-refractivity contribution in [3.8, 4) is 0 Å². The Morgan fingerprint density at radius 2 is 2.27 bits per heavy atom. The molecular weight excluding hydrogens is 296 g/mol. The van der Waals surface area contributed by atoms with Gasteiger partial charge in [0.15, 0.2) is 5.13 Å². The summed E-state index contributed by atoms with van der Waals surface area (Å²) in [4.78, 5) is 4.23. The van der Waals surface area contributed by atoms with Gasteiger partial charge in [0.05, 0.1) is 10.7 Å². The third-order valence-electron chi connectivity index (χ3n) is 1.84. The molecule has 15 heavy (non-hydrogen) atoms. The lowest BCUT2D eigenvalue weighted by Crippen LogP contribution is -1.90. The van der Waals surface area contributed by atoms with Gasteiger partial charge in [-0.1, -0.05) is 17.7 Å². The molecule has 1 heterocycles. The van der Waals surface area contributed by atoms with E-state index in [4.69, 9.17) is 11.6 Å². The predicted octanol–water partition coefficient (Wildman–Crippen LogP) is 4.61. The maximum atomic E-state index is 6.09. The van der Waals surface area contributed by atoms with E-state index in [2.05, 4.69) is 26.2 Å². The van der Waals surface area contributed by atoms with Crippen LogP contribution in [0.25, 0.3) is 0 Å². The number of benzene rings is 1. The molecule has 0 unspecified atom stereocenters. The van der Waals surface area contributed by atoms with Gasteiger partial charge in [-0.3, -0.25) is 0 Å². The van der Waals surface area contributed by atoms with Crippen LogP contribution in [0.4, 0.5) is 10.8 Å². The number of anilines is 2. The van der Waals surface area contributed by atoms with Crippen LogP contribution in [0.15, 0.2) is 28.2 Å². The minimum absolute atomic E-state index is 0.710. The van der Waals surface area contributed by atoms with Crippen molar-refractivity contribution in [1.29, 1.82) is 0 Å². The number of aryl methyl sites for hydroxylation is 1. The molecule has 1 N–H and O–H groups in total. The van der Waals surface area contributed by atoms with E-state index in [1.807, 2.05) is 30.5 Å². The number of hydrogen-bond acceptors (Lipinski definition) is 3. The van der Waals surface area contributed by atoms with Crippen molar-refractivity contribution >= 4 is 49.7 Å². The second-order valence-corrected chi connectivity index (χ2v) is 5.16. The average molecular weight is 304 g/mol. The van der Waals surface area contributed by atoms with Crippen LogP contribution in [0.2, 0.25) is 5.02 Å². The third-order valence-corrected chi connectivity index (χ3v) is 3.62. The van der Waals surface area contributed by atoms with Crippen molar-refractivity contribution < 1.29 is 0 Å². The van der Waals surface area contributed by atoms with E-state index in [1.54, 1.807) is 0 Å². The topological polar surface area (TPSA) is 24.9 Å². The summed E-state index contributed by atoms with van der Waals surface area (Å²) < 4.78 is 0.832. The smallest absolute Gasteiger partial charge is 0.188 e. The molecule has 0 bridgehead atoms. The molecule has 2 rings (SSSR count). The fourth-order valence-electron chi connectivity index (χ4n) is 1.15. The fraction of sp³-hybridized carbons (Fsp3) is 0.100. The predicted molar refractivity (Wildman–Crippen MR) is 69.3 cm³/mol. The Bertz CT molecular complexity index is 484. The van der Waals surface area contributed by atoms with Crippen LogP contribution in [0, 0.1) is 6.92 Å². The number of rotatable bonds is 2. The molecular formula is C10H8BrClN2S. The highest BCUT2D eigenvalue weighted by Crippen LogP contribution is 2.28. The Balaban J connectivity index is 2.24. The molecule has 1 aromatic carbocycles. The molecule has 0 saturated heterocycles. The van der Waals surface area contributed by atoms with Crippen LogP contribution in [0.5, 0.6) is 0 Å². The standard InChI is InChI=1S/C10H8BrClN2S/c1-6-2-3-8(7(12)4-6)13-10-14-9(11)5-15-10/h2-5H,1H3,(H,13,14). The van der Waals surface area contributed by atoms with Gasteiger partial charge in [0.25, 0.3) is 0 Å². The maximum Gasteiger partial charge on any atom is 0.188 e. The molecule has 0 atom stereocenters. The number of aromatic nitrogens is 1. The molecule has 0 fully saturated rings. The number of hydrogen-bond donors (Lipinski definition) is 1. The van der Waals surface area contributed by atoms with Crippen LogP contribution in [0.3, 0.4) is 0 Å². The number of nitrogens with one attached hydrogen (secondary N) is 1. The average Bonchev–Trinajstić information content (AvgIpc) is 2.56. The molecule has 1 aromatic heterocycles. The van der Waals surface area contributed by atoms with Gasteiger partial charge in [0.2, 0.25) is 0 Å². The first-order chi connectivity index (χ1) is 7.15.